The molecule has 21 heavy (non-hydrogen) atoms. The maximum atomic E-state index is 12.2. The third kappa shape index (κ3) is 6.13. The number of nitrogens with zero attached hydrogens (tertiary/aromatic N) is 2. The number of unbranched alkanes of at least 4 members (excludes halogenated alkanes) is 1. The number of rotatable bonds is 8. The molecule has 0 atom stereocenters. The van der Waals surface area contributed by atoms with E-state index in [0.29, 0.717) is 19.4 Å². The molecular weight excluding hydrogens is 268 g/mol. The molecule has 0 heterocycles. The maximum Gasteiger partial charge on any atom is 0.235 e. The predicted molar refractivity (Wildman–Crippen MR) is 80.1 cm³/mol. The molecule has 1 rings (SSSR count). The summed E-state index contributed by atoms with van der Waals surface area (Å²) in [7, 11) is 0. The monoisotopic (exact) mass is 294 g/mol. The average Bonchev–Trinajstić information content (AvgIpc) is 2.45. The summed E-state index contributed by atoms with van der Waals surface area (Å²) >= 11 is 0. The second-order valence-electron chi connectivity index (χ2n) is 5.83. The van der Waals surface area contributed by atoms with E-state index in [2.05, 4.69) is 18.3 Å². The van der Waals surface area contributed by atoms with Gasteiger partial charge in [-0.25, -0.2) is 0 Å². The van der Waals surface area contributed by atoms with Crippen LogP contribution in [0, 0.1) is 11.3 Å². The first-order valence-corrected chi connectivity index (χ1v) is 7.74. The van der Waals surface area contributed by atoms with E-state index in [4.69, 9.17) is 5.73 Å². The number of primary amides is 1. The van der Waals surface area contributed by atoms with Crippen LogP contribution in [0.4, 0.5) is 0 Å². The first-order chi connectivity index (χ1) is 10.0. The van der Waals surface area contributed by atoms with Gasteiger partial charge in [0.2, 0.25) is 11.8 Å². The zero-order valence-corrected chi connectivity index (χ0v) is 12.9. The van der Waals surface area contributed by atoms with E-state index >= 15 is 0 Å². The molecule has 1 aliphatic rings. The highest BCUT2D eigenvalue weighted by Crippen LogP contribution is 2.27. The number of hydrogen-bond donors (Lipinski definition) is 2. The van der Waals surface area contributed by atoms with Gasteiger partial charge in [-0.3, -0.25) is 14.5 Å². The van der Waals surface area contributed by atoms with Gasteiger partial charge in [0.15, 0.2) is 0 Å². The Morgan fingerprint density at radius 1 is 1.29 bits per heavy atom. The van der Waals surface area contributed by atoms with Crippen LogP contribution < -0.4 is 11.1 Å². The highest BCUT2D eigenvalue weighted by atomic mass is 16.2. The van der Waals surface area contributed by atoms with Crippen LogP contribution in [0.3, 0.4) is 0 Å². The van der Waals surface area contributed by atoms with Crippen molar-refractivity contribution in [1.29, 1.82) is 5.26 Å². The third-order valence-corrected chi connectivity index (χ3v) is 3.87. The maximum absolute atomic E-state index is 12.2. The molecule has 0 aromatic rings. The molecule has 1 fully saturated rings. The SMILES string of the molecule is CCCCN(CC(N)=O)CC(=O)NC1(C#N)CCCCC1. The number of carbonyl (C=O) groups excluding carboxylic acids is 2. The molecule has 0 aliphatic heterocycles. The number of nitriles is 1. The molecule has 0 saturated heterocycles. The minimum Gasteiger partial charge on any atom is -0.369 e. The quantitative estimate of drug-likeness (QED) is 0.695. The lowest BCUT2D eigenvalue weighted by Crippen LogP contribution is -2.52. The fourth-order valence-electron chi connectivity index (χ4n) is 2.75. The molecule has 6 nitrogen and oxygen atoms in total. The number of nitrogens with one attached hydrogen (secondary N) is 1. The molecule has 0 spiro atoms. The molecule has 0 aromatic heterocycles. The van der Waals surface area contributed by atoms with Gasteiger partial charge >= 0.3 is 0 Å². The van der Waals surface area contributed by atoms with Gasteiger partial charge in [-0.1, -0.05) is 32.6 Å². The minimum absolute atomic E-state index is 0.0764. The fraction of sp³-hybridized carbons (Fsp3) is 0.800. The van der Waals surface area contributed by atoms with Crippen molar-refractivity contribution >= 4 is 11.8 Å². The Hall–Kier alpha value is -1.61. The zero-order valence-electron chi connectivity index (χ0n) is 12.9. The van der Waals surface area contributed by atoms with Gasteiger partial charge in [0.05, 0.1) is 19.2 Å². The van der Waals surface area contributed by atoms with E-state index in [1.165, 1.54) is 0 Å². The standard InChI is InChI=1S/C15H26N4O2/c1-2-3-9-19(10-13(17)20)11-14(21)18-15(12-16)7-5-4-6-8-15/h2-11H2,1H3,(H2,17,20)(H,18,21). The molecule has 0 bridgehead atoms. The zero-order chi connectivity index (χ0) is 15.7. The van der Waals surface area contributed by atoms with Crippen molar-refractivity contribution in [1.82, 2.24) is 10.2 Å². The van der Waals surface area contributed by atoms with Crippen LogP contribution in [0.15, 0.2) is 0 Å². The summed E-state index contributed by atoms with van der Waals surface area (Å²) < 4.78 is 0. The minimum atomic E-state index is -0.724. The Morgan fingerprint density at radius 3 is 2.48 bits per heavy atom. The highest BCUT2D eigenvalue weighted by molar-refractivity contribution is 5.81. The fourth-order valence-corrected chi connectivity index (χ4v) is 2.75. The Morgan fingerprint density at radius 2 is 1.95 bits per heavy atom. The number of hydrogen-bond acceptors (Lipinski definition) is 4. The highest BCUT2D eigenvalue weighted by Gasteiger charge is 2.33. The Kier molecular flexibility index (Phi) is 7.17. The lowest BCUT2D eigenvalue weighted by molar-refractivity contribution is -0.125. The second kappa shape index (κ2) is 8.63. The van der Waals surface area contributed by atoms with Gasteiger partial charge in [0.25, 0.3) is 0 Å². The number of nitrogens with two attached hydrogens (primary N) is 1. The topological polar surface area (TPSA) is 99.2 Å². The summed E-state index contributed by atoms with van der Waals surface area (Å²) in [5.74, 6) is -0.637. The van der Waals surface area contributed by atoms with Gasteiger partial charge in [-0.15, -0.1) is 0 Å². The summed E-state index contributed by atoms with van der Waals surface area (Å²) in [5, 5.41) is 12.2. The first-order valence-electron chi connectivity index (χ1n) is 7.74. The molecule has 0 radical (unpaired) electrons. The lowest BCUT2D eigenvalue weighted by atomic mass is 9.83. The van der Waals surface area contributed by atoms with Gasteiger partial charge < -0.3 is 11.1 Å². The lowest BCUT2D eigenvalue weighted by Gasteiger charge is -2.32. The molecule has 1 saturated carbocycles. The Labute approximate surface area is 126 Å². The molecule has 0 unspecified atom stereocenters. The molecule has 1 aliphatic carbocycles. The summed E-state index contributed by atoms with van der Waals surface area (Å²) in [6, 6.07) is 2.26. The van der Waals surface area contributed by atoms with Crippen LogP contribution in [-0.2, 0) is 9.59 Å². The van der Waals surface area contributed by atoms with E-state index in [0.717, 1.165) is 32.1 Å². The Bertz CT molecular complexity index is 397. The predicted octanol–water partition coefficient (Wildman–Crippen LogP) is 0.916. The largest absolute Gasteiger partial charge is 0.369 e. The van der Waals surface area contributed by atoms with Crippen LogP contribution >= 0.6 is 0 Å². The van der Waals surface area contributed by atoms with Crippen LogP contribution in [0.2, 0.25) is 0 Å². The van der Waals surface area contributed by atoms with Crippen molar-refractivity contribution in [2.75, 3.05) is 19.6 Å². The molecule has 2 amide bonds. The van der Waals surface area contributed by atoms with Gasteiger partial charge in [-0.2, -0.15) is 5.26 Å². The summed E-state index contributed by atoms with van der Waals surface area (Å²) in [4.78, 5) is 25.0. The summed E-state index contributed by atoms with van der Waals surface area (Å²) in [5.41, 5.74) is 4.49. The van der Waals surface area contributed by atoms with Crippen molar-refractivity contribution in [2.24, 2.45) is 5.73 Å². The van der Waals surface area contributed by atoms with Gasteiger partial charge in [-0.05, 0) is 25.8 Å². The van der Waals surface area contributed by atoms with Crippen LogP contribution in [0.25, 0.3) is 0 Å². The smallest absolute Gasteiger partial charge is 0.235 e. The second-order valence-corrected chi connectivity index (χ2v) is 5.83. The van der Waals surface area contributed by atoms with E-state index < -0.39 is 11.4 Å². The third-order valence-electron chi connectivity index (χ3n) is 3.87. The van der Waals surface area contributed by atoms with Crippen molar-refractivity contribution in [3.05, 3.63) is 0 Å². The van der Waals surface area contributed by atoms with Crippen LogP contribution in [-0.4, -0.2) is 41.9 Å². The van der Waals surface area contributed by atoms with E-state index in [1.54, 1.807) is 4.90 Å². The molecule has 3 N–H and O–H groups in total. The molecular formula is C15H26N4O2. The van der Waals surface area contributed by atoms with E-state index in [1.807, 2.05) is 0 Å². The van der Waals surface area contributed by atoms with Crippen LogP contribution in [0.1, 0.15) is 51.9 Å². The normalized spacial score (nSPS) is 17.2. The van der Waals surface area contributed by atoms with E-state index in [9.17, 15) is 14.9 Å². The number of carbonyl (C=O) groups is 2. The first kappa shape index (κ1) is 17.4. The van der Waals surface area contributed by atoms with Gasteiger partial charge in [0.1, 0.15) is 5.54 Å². The molecule has 118 valence electrons. The average molecular weight is 294 g/mol. The van der Waals surface area contributed by atoms with Crippen molar-refractivity contribution in [2.45, 2.75) is 57.4 Å². The summed E-state index contributed by atoms with van der Waals surface area (Å²) in [6.07, 6.45) is 6.36. The van der Waals surface area contributed by atoms with Crippen molar-refractivity contribution in [3.8, 4) is 6.07 Å². The van der Waals surface area contributed by atoms with Crippen LogP contribution in [0.5, 0.6) is 0 Å². The molecule has 6 heteroatoms. The van der Waals surface area contributed by atoms with E-state index in [-0.39, 0.29) is 19.0 Å². The molecule has 0 aromatic carbocycles. The van der Waals surface area contributed by atoms with Gasteiger partial charge in [0, 0.05) is 0 Å². The number of amides is 2. The summed E-state index contributed by atoms with van der Waals surface area (Å²) in [6.45, 7) is 2.90. The Balaban J connectivity index is 2.55. The van der Waals surface area contributed by atoms with Crippen molar-refractivity contribution < 1.29 is 9.59 Å². The van der Waals surface area contributed by atoms with Crippen molar-refractivity contribution in [3.63, 3.8) is 0 Å².